The summed E-state index contributed by atoms with van der Waals surface area (Å²) in [6, 6.07) is 0. The van der Waals surface area contributed by atoms with Gasteiger partial charge in [-0.25, -0.2) is 4.79 Å². The predicted molar refractivity (Wildman–Crippen MR) is 131 cm³/mol. The first-order valence-electron chi connectivity index (χ1n) is 12.4. The van der Waals surface area contributed by atoms with Gasteiger partial charge in [-0.2, -0.15) is 0 Å². The van der Waals surface area contributed by atoms with Crippen LogP contribution in [0.4, 0.5) is 0 Å². The lowest BCUT2D eigenvalue weighted by Crippen LogP contribution is -2.55. The van der Waals surface area contributed by atoms with Gasteiger partial charge in [0.05, 0.1) is 6.61 Å². The van der Waals surface area contributed by atoms with Crippen molar-refractivity contribution >= 4 is 11.8 Å². The summed E-state index contributed by atoms with van der Waals surface area (Å²) in [6.45, 7) is 9.83. The van der Waals surface area contributed by atoms with Crippen molar-refractivity contribution in [3.8, 4) is 0 Å². The number of ketones is 1. The summed E-state index contributed by atoms with van der Waals surface area (Å²) in [4.78, 5) is 25.1. The summed E-state index contributed by atoms with van der Waals surface area (Å²) in [6.07, 6.45) is 14.4. The second kappa shape index (κ2) is 12.5. The third-order valence-electron chi connectivity index (χ3n) is 7.68. The van der Waals surface area contributed by atoms with E-state index in [1.165, 1.54) is 25.3 Å². The van der Waals surface area contributed by atoms with E-state index >= 15 is 0 Å². The van der Waals surface area contributed by atoms with Gasteiger partial charge in [-0.15, -0.1) is 0 Å². The molecular formula is C28H42O5. The van der Waals surface area contributed by atoms with Crippen molar-refractivity contribution in [1.29, 1.82) is 0 Å². The molecule has 0 amide bonds. The average molecular weight is 459 g/mol. The molecule has 184 valence electrons. The van der Waals surface area contributed by atoms with Crippen LogP contribution in [0.1, 0.15) is 79.6 Å². The van der Waals surface area contributed by atoms with Gasteiger partial charge < -0.3 is 14.9 Å². The zero-order valence-corrected chi connectivity index (χ0v) is 21.0. The standard InChI is InChI=1S/C28H42O5/c1-6-7-8-9-10-12-19(2)13-11-14-25(30)33-24-16-15-23-27(32)26(31)22(20(3)18-29)17-28(23,5)21(24)4/h10-14,21,23-24,27,29,32H,6-9,15-18H2,1-5H3/b12-10+,14-11+,19-13+,22-20-/t21-,23+,24+,27+,28+/m0/s1. The minimum Gasteiger partial charge on any atom is -0.459 e. The number of fused-ring (bicyclic) bond motifs is 1. The van der Waals surface area contributed by atoms with Gasteiger partial charge in [-0.3, -0.25) is 4.79 Å². The number of aliphatic hydroxyl groups is 2. The number of esters is 1. The number of allylic oxidation sites excluding steroid dienone is 5. The Balaban J connectivity index is 2.01. The fraction of sp³-hybridized carbons (Fsp3) is 0.643. The quantitative estimate of drug-likeness (QED) is 0.214. The van der Waals surface area contributed by atoms with Gasteiger partial charge in [0.1, 0.15) is 12.2 Å². The summed E-state index contributed by atoms with van der Waals surface area (Å²) in [5.41, 5.74) is 1.82. The van der Waals surface area contributed by atoms with Gasteiger partial charge in [0.2, 0.25) is 0 Å². The highest BCUT2D eigenvalue weighted by atomic mass is 16.5. The first kappa shape index (κ1) is 27.3. The van der Waals surface area contributed by atoms with Crippen LogP contribution in [0.15, 0.2) is 47.1 Å². The second-order valence-corrected chi connectivity index (χ2v) is 10.0. The predicted octanol–water partition coefficient (Wildman–Crippen LogP) is 5.23. The molecule has 5 atom stereocenters. The molecule has 0 unspecified atom stereocenters. The third kappa shape index (κ3) is 6.77. The molecule has 2 saturated carbocycles. The molecule has 0 radical (unpaired) electrons. The minimum absolute atomic E-state index is 0.0267. The van der Waals surface area contributed by atoms with Crippen LogP contribution >= 0.6 is 0 Å². The lowest BCUT2D eigenvalue weighted by Gasteiger charge is -2.53. The van der Waals surface area contributed by atoms with Crippen molar-refractivity contribution in [2.75, 3.05) is 6.61 Å². The topological polar surface area (TPSA) is 83.8 Å². The second-order valence-electron chi connectivity index (χ2n) is 10.0. The van der Waals surface area contributed by atoms with E-state index in [4.69, 9.17) is 4.74 Å². The van der Waals surface area contributed by atoms with E-state index in [9.17, 15) is 19.8 Å². The molecule has 0 spiro atoms. The van der Waals surface area contributed by atoms with Crippen LogP contribution in [0, 0.1) is 17.3 Å². The highest BCUT2D eigenvalue weighted by Crippen LogP contribution is 2.54. The molecule has 2 aliphatic carbocycles. The number of unbranched alkanes of at least 4 members (excludes halogenated alkanes) is 3. The van der Waals surface area contributed by atoms with Gasteiger partial charge in [-0.05, 0) is 74.3 Å². The van der Waals surface area contributed by atoms with Crippen LogP contribution in [0.2, 0.25) is 0 Å². The average Bonchev–Trinajstić information content (AvgIpc) is 2.78. The molecular weight excluding hydrogens is 416 g/mol. The largest absolute Gasteiger partial charge is 0.459 e. The summed E-state index contributed by atoms with van der Waals surface area (Å²) >= 11 is 0. The molecule has 5 heteroatoms. The molecule has 2 aliphatic rings. The molecule has 2 rings (SSSR count). The Morgan fingerprint density at radius 1 is 1.21 bits per heavy atom. The van der Waals surface area contributed by atoms with E-state index in [2.05, 4.69) is 26.0 Å². The fourth-order valence-electron chi connectivity index (χ4n) is 5.25. The zero-order valence-electron chi connectivity index (χ0n) is 21.0. The highest BCUT2D eigenvalue weighted by Gasteiger charge is 2.55. The van der Waals surface area contributed by atoms with Crippen LogP contribution in [0.3, 0.4) is 0 Å². The van der Waals surface area contributed by atoms with E-state index < -0.39 is 6.10 Å². The summed E-state index contributed by atoms with van der Waals surface area (Å²) in [5, 5.41) is 20.2. The number of hydrogen-bond acceptors (Lipinski definition) is 5. The Morgan fingerprint density at radius 3 is 2.61 bits per heavy atom. The highest BCUT2D eigenvalue weighted by molar-refractivity contribution is 6.00. The Hall–Kier alpha value is -1.98. The number of aliphatic hydroxyl groups excluding tert-OH is 2. The molecule has 2 fully saturated rings. The number of ether oxygens (including phenoxy) is 1. The molecule has 33 heavy (non-hydrogen) atoms. The summed E-state index contributed by atoms with van der Waals surface area (Å²) in [5.74, 6) is -0.840. The van der Waals surface area contributed by atoms with E-state index in [1.807, 2.05) is 19.9 Å². The van der Waals surface area contributed by atoms with Gasteiger partial charge in [-0.1, -0.05) is 63.5 Å². The Bertz CT molecular complexity index is 818. The van der Waals surface area contributed by atoms with E-state index in [0.717, 1.165) is 12.0 Å². The van der Waals surface area contributed by atoms with Crippen molar-refractivity contribution in [3.63, 3.8) is 0 Å². The number of Topliss-reactive ketones (excluding diaryl/α,β-unsaturated/α-hetero) is 1. The van der Waals surface area contributed by atoms with Crippen LogP contribution < -0.4 is 0 Å². The number of carbonyl (C=O) groups is 2. The molecule has 0 aromatic carbocycles. The van der Waals surface area contributed by atoms with Gasteiger partial charge in [0.15, 0.2) is 5.78 Å². The number of rotatable bonds is 9. The molecule has 2 N–H and O–H groups in total. The maximum Gasteiger partial charge on any atom is 0.331 e. The zero-order chi connectivity index (χ0) is 24.6. The Labute approximate surface area is 199 Å². The van der Waals surface area contributed by atoms with Gasteiger partial charge in [0.25, 0.3) is 0 Å². The monoisotopic (exact) mass is 458 g/mol. The van der Waals surface area contributed by atoms with Gasteiger partial charge >= 0.3 is 5.97 Å². The first-order chi connectivity index (χ1) is 15.7. The van der Waals surface area contributed by atoms with Crippen molar-refractivity contribution in [2.45, 2.75) is 91.8 Å². The van der Waals surface area contributed by atoms with Crippen LogP contribution in [-0.2, 0) is 14.3 Å². The van der Waals surface area contributed by atoms with E-state index in [-0.39, 0.29) is 41.7 Å². The van der Waals surface area contributed by atoms with E-state index in [0.29, 0.717) is 30.4 Å². The van der Waals surface area contributed by atoms with E-state index in [1.54, 1.807) is 13.0 Å². The molecule has 0 aromatic heterocycles. The molecule has 0 aromatic rings. The SMILES string of the molecule is CCCCC/C=C/C(C)=C/C=C/C(=O)O[C@@H]1CC[C@@H]2[C@@H](O)C(=O)/C(=C(/C)CO)C[C@]2(C)[C@H]1C. The molecule has 0 heterocycles. The van der Waals surface area contributed by atoms with Crippen molar-refractivity contribution in [1.82, 2.24) is 0 Å². The number of carbonyl (C=O) groups excluding carboxylic acids is 2. The Morgan fingerprint density at radius 2 is 1.94 bits per heavy atom. The van der Waals surface area contributed by atoms with Crippen molar-refractivity contribution < 1.29 is 24.5 Å². The molecule has 0 saturated heterocycles. The van der Waals surface area contributed by atoms with Crippen LogP contribution in [0.5, 0.6) is 0 Å². The summed E-state index contributed by atoms with van der Waals surface area (Å²) < 4.78 is 5.80. The molecule has 0 bridgehead atoms. The first-order valence-corrected chi connectivity index (χ1v) is 12.4. The fourth-order valence-corrected chi connectivity index (χ4v) is 5.25. The lowest BCUT2D eigenvalue weighted by molar-refractivity contribution is -0.164. The Kier molecular flexibility index (Phi) is 10.3. The maximum atomic E-state index is 12.7. The van der Waals surface area contributed by atoms with Crippen molar-refractivity contribution in [3.05, 3.63) is 47.1 Å². The normalized spacial score (nSPS) is 32.3. The summed E-state index contributed by atoms with van der Waals surface area (Å²) in [7, 11) is 0. The minimum atomic E-state index is -1.07. The van der Waals surface area contributed by atoms with Crippen molar-refractivity contribution in [2.24, 2.45) is 17.3 Å². The molecule has 0 aliphatic heterocycles. The maximum absolute atomic E-state index is 12.7. The smallest absolute Gasteiger partial charge is 0.331 e. The van der Waals surface area contributed by atoms with Crippen LogP contribution in [0.25, 0.3) is 0 Å². The van der Waals surface area contributed by atoms with Gasteiger partial charge in [0, 0.05) is 6.08 Å². The van der Waals surface area contributed by atoms with Crippen LogP contribution in [-0.4, -0.2) is 40.8 Å². The number of hydrogen-bond donors (Lipinski definition) is 2. The lowest BCUT2D eigenvalue weighted by atomic mass is 9.53. The molecule has 5 nitrogen and oxygen atoms in total. The third-order valence-corrected chi connectivity index (χ3v) is 7.68.